The van der Waals surface area contributed by atoms with Crippen molar-refractivity contribution in [2.45, 2.75) is 26.8 Å². The fraction of sp³-hybridized carbons (Fsp3) is 0.500. The van der Waals surface area contributed by atoms with E-state index >= 15 is 0 Å². The van der Waals surface area contributed by atoms with Gasteiger partial charge in [0, 0.05) is 30.5 Å². The summed E-state index contributed by atoms with van der Waals surface area (Å²) in [5.74, 6) is 0.871. The van der Waals surface area contributed by atoms with Crippen molar-refractivity contribution in [3.63, 3.8) is 0 Å². The molecule has 100 valence electrons. The van der Waals surface area contributed by atoms with E-state index in [0.29, 0.717) is 12.3 Å². The molecule has 0 spiro atoms. The average Bonchev–Trinajstić information content (AvgIpc) is 2.28. The van der Waals surface area contributed by atoms with Crippen LogP contribution >= 0.6 is 15.9 Å². The fourth-order valence-corrected chi connectivity index (χ4v) is 2.31. The second kappa shape index (κ2) is 7.54. The highest BCUT2D eigenvalue weighted by Crippen LogP contribution is 2.18. The molecule has 3 nitrogen and oxygen atoms in total. The molecule has 0 saturated heterocycles. The maximum Gasteiger partial charge on any atom is 0.0918 e. The summed E-state index contributed by atoms with van der Waals surface area (Å²) in [5.41, 5.74) is 6.72. The van der Waals surface area contributed by atoms with Crippen LogP contribution in [0.25, 0.3) is 0 Å². The Labute approximate surface area is 118 Å². The second-order valence-corrected chi connectivity index (χ2v) is 5.85. The van der Waals surface area contributed by atoms with Gasteiger partial charge in [-0.1, -0.05) is 48.0 Å². The van der Waals surface area contributed by atoms with Gasteiger partial charge in [-0.3, -0.25) is 10.3 Å². The van der Waals surface area contributed by atoms with Gasteiger partial charge in [0.25, 0.3) is 0 Å². The van der Waals surface area contributed by atoms with Gasteiger partial charge in [-0.2, -0.15) is 0 Å². The van der Waals surface area contributed by atoms with Crippen LogP contribution < -0.4 is 5.73 Å². The minimum Gasteiger partial charge on any atom is -0.388 e. The van der Waals surface area contributed by atoms with E-state index in [9.17, 15) is 0 Å². The largest absolute Gasteiger partial charge is 0.388 e. The zero-order valence-electron chi connectivity index (χ0n) is 11.1. The number of hydrogen-bond donors (Lipinski definition) is 2. The van der Waals surface area contributed by atoms with E-state index in [0.717, 1.165) is 24.1 Å². The van der Waals surface area contributed by atoms with E-state index in [4.69, 9.17) is 11.1 Å². The molecule has 0 aliphatic carbocycles. The number of amidine groups is 1. The van der Waals surface area contributed by atoms with Crippen molar-refractivity contribution in [3.8, 4) is 0 Å². The van der Waals surface area contributed by atoms with Crippen LogP contribution in [-0.2, 0) is 6.54 Å². The summed E-state index contributed by atoms with van der Waals surface area (Å²) < 4.78 is 1.14. The smallest absolute Gasteiger partial charge is 0.0918 e. The SMILES string of the molecule is CC(C)CN(CCC(=N)N)Cc1ccccc1Br. The van der Waals surface area contributed by atoms with Crippen molar-refractivity contribution in [2.24, 2.45) is 11.7 Å². The van der Waals surface area contributed by atoms with Crippen LogP contribution in [0.3, 0.4) is 0 Å². The molecule has 0 aliphatic heterocycles. The van der Waals surface area contributed by atoms with E-state index in [1.807, 2.05) is 6.07 Å². The Hall–Kier alpha value is -0.870. The molecule has 0 aromatic heterocycles. The third kappa shape index (κ3) is 5.65. The van der Waals surface area contributed by atoms with Crippen LogP contribution in [0.15, 0.2) is 28.7 Å². The molecular formula is C14H22BrN3. The molecular weight excluding hydrogens is 290 g/mol. The fourth-order valence-electron chi connectivity index (χ4n) is 1.90. The standard InChI is InChI=1S/C14H22BrN3/c1-11(2)9-18(8-7-14(16)17)10-12-5-3-4-6-13(12)15/h3-6,11H,7-10H2,1-2H3,(H3,16,17). The third-order valence-electron chi connectivity index (χ3n) is 2.67. The van der Waals surface area contributed by atoms with Crippen LogP contribution in [-0.4, -0.2) is 23.8 Å². The summed E-state index contributed by atoms with van der Waals surface area (Å²) in [4.78, 5) is 2.35. The Morgan fingerprint density at radius 3 is 2.61 bits per heavy atom. The highest BCUT2D eigenvalue weighted by Gasteiger charge is 2.10. The summed E-state index contributed by atoms with van der Waals surface area (Å²) in [5, 5.41) is 7.33. The van der Waals surface area contributed by atoms with Gasteiger partial charge in [0.15, 0.2) is 0 Å². The Bertz CT molecular complexity index is 390. The van der Waals surface area contributed by atoms with Crippen LogP contribution in [0.2, 0.25) is 0 Å². The quantitative estimate of drug-likeness (QED) is 0.600. The summed E-state index contributed by atoms with van der Waals surface area (Å²) in [6.45, 7) is 7.18. The number of benzene rings is 1. The first-order valence-corrected chi connectivity index (χ1v) is 7.07. The van der Waals surface area contributed by atoms with Gasteiger partial charge in [-0.05, 0) is 17.5 Å². The minimum absolute atomic E-state index is 0.260. The van der Waals surface area contributed by atoms with Gasteiger partial charge in [-0.25, -0.2) is 0 Å². The van der Waals surface area contributed by atoms with Gasteiger partial charge < -0.3 is 5.73 Å². The lowest BCUT2D eigenvalue weighted by atomic mass is 10.1. The number of rotatable bonds is 7. The van der Waals surface area contributed by atoms with Gasteiger partial charge in [0.1, 0.15) is 0 Å². The number of halogens is 1. The highest BCUT2D eigenvalue weighted by molar-refractivity contribution is 9.10. The Balaban J connectivity index is 2.65. The van der Waals surface area contributed by atoms with Crippen LogP contribution in [0.4, 0.5) is 0 Å². The molecule has 0 unspecified atom stereocenters. The van der Waals surface area contributed by atoms with Crippen molar-refractivity contribution in [2.75, 3.05) is 13.1 Å². The number of nitrogens with zero attached hydrogens (tertiary/aromatic N) is 1. The minimum atomic E-state index is 0.260. The normalized spacial score (nSPS) is 11.2. The van der Waals surface area contributed by atoms with Gasteiger partial charge in [0.2, 0.25) is 0 Å². The zero-order chi connectivity index (χ0) is 13.5. The molecule has 0 aliphatic rings. The van der Waals surface area contributed by atoms with Crippen molar-refractivity contribution in [1.82, 2.24) is 4.90 Å². The molecule has 0 radical (unpaired) electrons. The number of nitrogens with one attached hydrogen (secondary N) is 1. The molecule has 18 heavy (non-hydrogen) atoms. The first kappa shape index (κ1) is 15.2. The monoisotopic (exact) mass is 311 g/mol. The molecule has 0 atom stereocenters. The summed E-state index contributed by atoms with van der Waals surface area (Å²) in [7, 11) is 0. The van der Waals surface area contributed by atoms with E-state index in [1.54, 1.807) is 0 Å². The molecule has 0 heterocycles. The van der Waals surface area contributed by atoms with E-state index in [-0.39, 0.29) is 5.84 Å². The number of hydrogen-bond acceptors (Lipinski definition) is 2. The zero-order valence-corrected chi connectivity index (χ0v) is 12.7. The molecule has 4 heteroatoms. The summed E-state index contributed by atoms with van der Waals surface area (Å²) >= 11 is 3.58. The summed E-state index contributed by atoms with van der Waals surface area (Å²) in [6, 6.07) is 8.27. The van der Waals surface area contributed by atoms with Crippen LogP contribution in [0, 0.1) is 11.3 Å². The highest BCUT2D eigenvalue weighted by atomic mass is 79.9. The maximum atomic E-state index is 7.33. The molecule has 1 rings (SSSR count). The van der Waals surface area contributed by atoms with E-state index in [1.165, 1.54) is 5.56 Å². The van der Waals surface area contributed by atoms with Crippen molar-refractivity contribution < 1.29 is 0 Å². The Morgan fingerprint density at radius 1 is 1.39 bits per heavy atom. The lowest BCUT2D eigenvalue weighted by Crippen LogP contribution is -2.31. The lowest BCUT2D eigenvalue weighted by Gasteiger charge is -2.24. The van der Waals surface area contributed by atoms with Gasteiger partial charge in [-0.15, -0.1) is 0 Å². The summed E-state index contributed by atoms with van der Waals surface area (Å²) in [6.07, 6.45) is 0.636. The second-order valence-electron chi connectivity index (χ2n) is 5.00. The molecule has 0 bridgehead atoms. The maximum absolute atomic E-state index is 7.33. The molecule has 0 saturated carbocycles. The lowest BCUT2D eigenvalue weighted by molar-refractivity contribution is 0.242. The average molecular weight is 312 g/mol. The van der Waals surface area contributed by atoms with Crippen LogP contribution in [0.1, 0.15) is 25.8 Å². The predicted octanol–water partition coefficient (Wildman–Crippen LogP) is 3.23. The van der Waals surface area contributed by atoms with Gasteiger partial charge >= 0.3 is 0 Å². The Morgan fingerprint density at radius 2 is 2.06 bits per heavy atom. The predicted molar refractivity (Wildman–Crippen MR) is 80.8 cm³/mol. The number of nitrogens with two attached hydrogens (primary N) is 1. The molecule has 1 aromatic rings. The van der Waals surface area contributed by atoms with Crippen molar-refractivity contribution in [3.05, 3.63) is 34.3 Å². The molecule has 0 amide bonds. The van der Waals surface area contributed by atoms with Crippen molar-refractivity contribution in [1.29, 1.82) is 5.41 Å². The van der Waals surface area contributed by atoms with Crippen molar-refractivity contribution >= 4 is 21.8 Å². The topological polar surface area (TPSA) is 53.1 Å². The third-order valence-corrected chi connectivity index (χ3v) is 3.45. The van der Waals surface area contributed by atoms with E-state index < -0.39 is 0 Å². The Kier molecular flexibility index (Phi) is 6.36. The molecule has 1 aromatic carbocycles. The van der Waals surface area contributed by atoms with E-state index in [2.05, 4.69) is 52.9 Å². The first-order chi connectivity index (χ1) is 8.49. The molecule has 3 N–H and O–H groups in total. The van der Waals surface area contributed by atoms with Crippen LogP contribution in [0.5, 0.6) is 0 Å². The first-order valence-electron chi connectivity index (χ1n) is 6.27. The molecule has 0 fully saturated rings. The van der Waals surface area contributed by atoms with Gasteiger partial charge in [0.05, 0.1) is 5.84 Å².